The number of carbonyl (C=O) groups excluding carboxylic acids is 2. The van der Waals surface area contributed by atoms with Crippen LogP contribution in [0.5, 0.6) is 0 Å². The fourth-order valence-electron chi connectivity index (χ4n) is 1.81. The van der Waals surface area contributed by atoms with Gasteiger partial charge in [0.15, 0.2) is 0 Å². The molecule has 0 radical (unpaired) electrons. The quantitative estimate of drug-likeness (QED) is 0.468. The molecule has 0 aromatic heterocycles. The van der Waals surface area contributed by atoms with Crippen LogP contribution in [0.2, 0.25) is 0 Å². The molecule has 0 fully saturated rings. The number of rotatable bonds is 10. The van der Waals surface area contributed by atoms with Crippen LogP contribution in [0.15, 0.2) is 30.3 Å². The lowest BCUT2D eigenvalue weighted by Crippen LogP contribution is -2.36. The number of hydrogen-bond acceptors (Lipinski definition) is 6. The van der Waals surface area contributed by atoms with Gasteiger partial charge in [-0.1, -0.05) is 18.2 Å². The molecule has 26 heavy (non-hydrogen) atoms. The highest BCUT2D eigenvalue weighted by atomic mass is 16.6. The lowest BCUT2D eigenvalue weighted by atomic mass is 10.2. The van der Waals surface area contributed by atoms with Crippen LogP contribution in [-0.4, -0.2) is 69.2 Å². The first-order chi connectivity index (χ1) is 12.3. The molecule has 0 aliphatic carbocycles. The standard InChI is InChI=1S/C19H29NO6/c1-19(2,3)26-18(22)20(4)10-11-23-12-13-24-14-15-25-17(21)16-8-6-5-7-9-16/h5-9H,10-15H2,1-4H3. The van der Waals surface area contributed by atoms with E-state index in [4.69, 9.17) is 18.9 Å². The van der Waals surface area contributed by atoms with Gasteiger partial charge in [-0.25, -0.2) is 9.59 Å². The Morgan fingerprint density at radius 2 is 1.50 bits per heavy atom. The maximum Gasteiger partial charge on any atom is 0.410 e. The van der Waals surface area contributed by atoms with Crippen LogP contribution in [0, 0.1) is 0 Å². The Bertz CT molecular complexity index is 541. The number of hydrogen-bond donors (Lipinski definition) is 0. The molecule has 0 saturated carbocycles. The molecule has 1 amide bonds. The Kier molecular flexibility index (Phi) is 9.69. The molecule has 1 aromatic rings. The minimum atomic E-state index is -0.510. The topological polar surface area (TPSA) is 74.3 Å². The summed E-state index contributed by atoms with van der Waals surface area (Å²) in [6, 6.07) is 8.80. The summed E-state index contributed by atoms with van der Waals surface area (Å²) in [5.41, 5.74) is 0.00855. The summed E-state index contributed by atoms with van der Waals surface area (Å²) < 4.78 is 21.1. The van der Waals surface area contributed by atoms with Gasteiger partial charge in [0.25, 0.3) is 0 Å². The number of esters is 1. The number of nitrogens with zero attached hydrogens (tertiary/aromatic N) is 1. The molecule has 0 unspecified atom stereocenters. The minimum Gasteiger partial charge on any atom is -0.460 e. The molecular formula is C19H29NO6. The summed E-state index contributed by atoms with van der Waals surface area (Å²) in [7, 11) is 1.66. The van der Waals surface area contributed by atoms with Gasteiger partial charge in [-0.2, -0.15) is 0 Å². The summed E-state index contributed by atoms with van der Waals surface area (Å²) in [4.78, 5) is 24.9. The van der Waals surface area contributed by atoms with Gasteiger partial charge in [0.1, 0.15) is 12.2 Å². The van der Waals surface area contributed by atoms with Crippen LogP contribution in [0.25, 0.3) is 0 Å². The van der Waals surface area contributed by atoms with Gasteiger partial charge in [-0.15, -0.1) is 0 Å². The number of amides is 1. The van der Waals surface area contributed by atoms with Crippen LogP contribution >= 0.6 is 0 Å². The van der Waals surface area contributed by atoms with E-state index in [-0.39, 0.29) is 18.7 Å². The molecule has 0 bridgehead atoms. The van der Waals surface area contributed by atoms with Gasteiger partial charge in [-0.05, 0) is 32.9 Å². The minimum absolute atomic E-state index is 0.190. The van der Waals surface area contributed by atoms with E-state index in [0.717, 1.165) is 0 Å². The molecular weight excluding hydrogens is 338 g/mol. The van der Waals surface area contributed by atoms with Crippen molar-refractivity contribution in [2.75, 3.05) is 46.6 Å². The second-order valence-corrected chi connectivity index (χ2v) is 6.63. The predicted molar refractivity (Wildman–Crippen MR) is 97.2 cm³/mol. The Morgan fingerprint density at radius 1 is 0.923 bits per heavy atom. The maximum atomic E-state index is 11.7. The SMILES string of the molecule is CN(CCOCCOCCOC(=O)c1ccccc1)C(=O)OC(C)(C)C. The third-order valence-corrected chi connectivity index (χ3v) is 3.12. The summed E-state index contributed by atoms with van der Waals surface area (Å²) in [5.74, 6) is -0.365. The molecule has 1 aromatic carbocycles. The highest BCUT2D eigenvalue weighted by Crippen LogP contribution is 2.08. The average molecular weight is 367 g/mol. The first kappa shape index (κ1) is 21.9. The van der Waals surface area contributed by atoms with Crippen molar-refractivity contribution in [3.63, 3.8) is 0 Å². The van der Waals surface area contributed by atoms with Crippen molar-refractivity contribution in [2.24, 2.45) is 0 Å². The number of likely N-dealkylation sites (N-methyl/N-ethyl adjacent to an activating group) is 1. The maximum absolute atomic E-state index is 11.7. The van der Waals surface area contributed by atoms with Gasteiger partial charge in [0.2, 0.25) is 0 Å². The first-order valence-electron chi connectivity index (χ1n) is 8.61. The van der Waals surface area contributed by atoms with Crippen LogP contribution < -0.4 is 0 Å². The zero-order valence-corrected chi connectivity index (χ0v) is 16.0. The van der Waals surface area contributed by atoms with Crippen molar-refractivity contribution < 1.29 is 28.5 Å². The molecule has 0 aliphatic rings. The molecule has 146 valence electrons. The number of benzene rings is 1. The summed E-state index contributed by atoms with van der Waals surface area (Å²) in [5, 5.41) is 0. The predicted octanol–water partition coefficient (Wildman–Crippen LogP) is 2.74. The van der Waals surface area contributed by atoms with Crippen LogP contribution in [0.3, 0.4) is 0 Å². The van der Waals surface area contributed by atoms with Crippen LogP contribution in [-0.2, 0) is 18.9 Å². The molecule has 0 spiro atoms. The van der Waals surface area contributed by atoms with Crippen molar-refractivity contribution in [3.8, 4) is 0 Å². The zero-order valence-electron chi connectivity index (χ0n) is 16.0. The van der Waals surface area contributed by atoms with Crippen LogP contribution in [0.1, 0.15) is 31.1 Å². The lowest BCUT2D eigenvalue weighted by Gasteiger charge is -2.24. The Labute approximate surface area is 155 Å². The summed E-state index contributed by atoms with van der Waals surface area (Å²) >= 11 is 0. The smallest absolute Gasteiger partial charge is 0.410 e. The van der Waals surface area contributed by atoms with Gasteiger partial charge < -0.3 is 23.8 Å². The molecule has 7 nitrogen and oxygen atoms in total. The Morgan fingerprint density at radius 3 is 2.12 bits per heavy atom. The van der Waals surface area contributed by atoms with E-state index in [2.05, 4.69) is 0 Å². The van der Waals surface area contributed by atoms with Crippen molar-refractivity contribution in [3.05, 3.63) is 35.9 Å². The fraction of sp³-hybridized carbons (Fsp3) is 0.579. The van der Waals surface area contributed by atoms with E-state index < -0.39 is 5.60 Å². The van der Waals surface area contributed by atoms with Crippen molar-refractivity contribution >= 4 is 12.1 Å². The molecule has 0 saturated heterocycles. The number of ether oxygens (including phenoxy) is 4. The average Bonchev–Trinajstić information content (AvgIpc) is 2.59. The molecule has 0 atom stereocenters. The largest absolute Gasteiger partial charge is 0.460 e. The Hall–Kier alpha value is -2.12. The molecule has 7 heteroatoms. The first-order valence-corrected chi connectivity index (χ1v) is 8.61. The fourth-order valence-corrected chi connectivity index (χ4v) is 1.81. The van der Waals surface area contributed by atoms with Crippen molar-refractivity contribution in [1.82, 2.24) is 4.90 Å². The summed E-state index contributed by atoms with van der Waals surface area (Å²) in [6.07, 6.45) is -0.377. The Balaban J connectivity index is 1.98. The second-order valence-electron chi connectivity index (χ2n) is 6.63. The van der Waals surface area contributed by atoms with E-state index in [9.17, 15) is 9.59 Å². The molecule has 0 heterocycles. The van der Waals surface area contributed by atoms with E-state index in [1.165, 1.54) is 4.90 Å². The van der Waals surface area contributed by atoms with Gasteiger partial charge in [0, 0.05) is 13.6 Å². The van der Waals surface area contributed by atoms with Gasteiger partial charge in [0.05, 0.1) is 32.0 Å². The van der Waals surface area contributed by atoms with Gasteiger partial charge >= 0.3 is 12.1 Å². The highest BCUT2D eigenvalue weighted by Gasteiger charge is 2.19. The highest BCUT2D eigenvalue weighted by molar-refractivity contribution is 5.89. The molecule has 0 N–H and O–H groups in total. The molecule has 0 aliphatic heterocycles. The zero-order chi connectivity index (χ0) is 19.4. The van der Waals surface area contributed by atoms with E-state index in [1.54, 1.807) is 31.3 Å². The normalized spacial score (nSPS) is 11.1. The van der Waals surface area contributed by atoms with Crippen molar-refractivity contribution in [2.45, 2.75) is 26.4 Å². The van der Waals surface area contributed by atoms with Gasteiger partial charge in [-0.3, -0.25) is 0 Å². The van der Waals surface area contributed by atoms with E-state index in [1.807, 2.05) is 26.8 Å². The van der Waals surface area contributed by atoms with E-state index in [0.29, 0.717) is 38.5 Å². The number of carbonyl (C=O) groups is 2. The lowest BCUT2D eigenvalue weighted by molar-refractivity contribution is 0.00592. The van der Waals surface area contributed by atoms with E-state index >= 15 is 0 Å². The van der Waals surface area contributed by atoms with Crippen molar-refractivity contribution in [1.29, 1.82) is 0 Å². The molecule has 1 rings (SSSR count). The third-order valence-electron chi connectivity index (χ3n) is 3.12. The summed E-state index contributed by atoms with van der Waals surface area (Å²) in [6.45, 7) is 7.57. The monoisotopic (exact) mass is 367 g/mol. The third kappa shape index (κ3) is 10.0. The van der Waals surface area contributed by atoms with Crippen LogP contribution in [0.4, 0.5) is 4.79 Å². The second kappa shape index (κ2) is 11.5.